The average Bonchev–Trinajstić information content (AvgIpc) is 2.39. The molecule has 0 spiro atoms. The zero-order chi connectivity index (χ0) is 13.4. The molecule has 5 heteroatoms. The molecule has 0 fully saturated rings. The third kappa shape index (κ3) is 4.27. The van der Waals surface area contributed by atoms with Crippen LogP contribution in [-0.2, 0) is 4.74 Å². The van der Waals surface area contributed by atoms with Crippen LogP contribution >= 0.6 is 11.6 Å². The number of unbranched alkanes of at least 4 members (excludes halogenated alkanes) is 1. The summed E-state index contributed by atoms with van der Waals surface area (Å²) < 4.78 is 15.5. The van der Waals surface area contributed by atoms with Crippen molar-refractivity contribution in [2.24, 2.45) is 0 Å². The van der Waals surface area contributed by atoms with E-state index in [0.29, 0.717) is 16.5 Å². The maximum atomic E-state index is 6.03. The Morgan fingerprint density at radius 2 is 1.78 bits per heavy atom. The lowest BCUT2D eigenvalue weighted by Crippen LogP contribution is -2.05. The second-order valence-electron chi connectivity index (χ2n) is 3.81. The minimum atomic E-state index is 0.541. The molecule has 0 unspecified atom stereocenters. The molecule has 0 saturated carbocycles. The van der Waals surface area contributed by atoms with Crippen LogP contribution < -0.4 is 14.8 Å². The van der Waals surface area contributed by atoms with Crippen molar-refractivity contribution in [1.29, 1.82) is 0 Å². The first-order chi connectivity index (χ1) is 8.72. The Morgan fingerprint density at radius 3 is 2.39 bits per heavy atom. The monoisotopic (exact) mass is 273 g/mol. The number of methoxy groups -OCH3 is 3. The molecular weight excluding hydrogens is 254 g/mol. The number of anilines is 1. The van der Waals surface area contributed by atoms with Crippen molar-refractivity contribution in [3.8, 4) is 11.5 Å². The zero-order valence-electron chi connectivity index (χ0n) is 11.1. The van der Waals surface area contributed by atoms with Gasteiger partial charge in [-0.3, -0.25) is 0 Å². The van der Waals surface area contributed by atoms with Crippen molar-refractivity contribution in [2.45, 2.75) is 12.8 Å². The lowest BCUT2D eigenvalue weighted by atomic mass is 10.2. The molecule has 0 aliphatic heterocycles. The van der Waals surface area contributed by atoms with Crippen LogP contribution in [0, 0.1) is 0 Å². The van der Waals surface area contributed by atoms with Crippen LogP contribution in [-0.4, -0.2) is 34.5 Å². The summed E-state index contributed by atoms with van der Waals surface area (Å²) in [6.07, 6.45) is 2.05. The van der Waals surface area contributed by atoms with Gasteiger partial charge in [-0.1, -0.05) is 11.6 Å². The van der Waals surface area contributed by atoms with E-state index in [0.717, 1.165) is 31.7 Å². The lowest BCUT2D eigenvalue weighted by Gasteiger charge is -2.13. The molecule has 1 rings (SSSR count). The van der Waals surface area contributed by atoms with Crippen molar-refractivity contribution < 1.29 is 14.2 Å². The second kappa shape index (κ2) is 8.06. The number of benzene rings is 1. The predicted molar refractivity (Wildman–Crippen MR) is 74.2 cm³/mol. The van der Waals surface area contributed by atoms with Gasteiger partial charge in [-0.15, -0.1) is 0 Å². The fraction of sp³-hybridized carbons (Fsp3) is 0.538. The average molecular weight is 274 g/mol. The molecule has 0 radical (unpaired) electrons. The van der Waals surface area contributed by atoms with Gasteiger partial charge in [0.1, 0.15) is 11.5 Å². The lowest BCUT2D eigenvalue weighted by molar-refractivity contribution is 0.194. The van der Waals surface area contributed by atoms with E-state index in [-0.39, 0.29) is 0 Å². The van der Waals surface area contributed by atoms with Crippen LogP contribution in [0.15, 0.2) is 12.1 Å². The van der Waals surface area contributed by atoms with Crippen LogP contribution in [0.5, 0.6) is 11.5 Å². The number of halogens is 1. The third-order valence-electron chi connectivity index (χ3n) is 2.56. The smallest absolute Gasteiger partial charge is 0.143 e. The molecule has 4 nitrogen and oxygen atoms in total. The first-order valence-corrected chi connectivity index (χ1v) is 6.25. The molecule has 1 aromatic carbocycles. The SMILES string of the molecule is COCCCCNc1cc(OC)c(Cl)cc1OC. The standard InChI is InChI=1S/C13H20ClNO3/c1-16-7-5-4-6-15-11-9-12(17-2)10(14)8-13(11)18-3/h8-9,15H,4-7H2,1-3H3. The van der Waals surface area contributed by atoms with Gasteiger partial charge in [0.2, 0.25) is 0 Å². The maximum Gasteiger partial charge on any atom is 0.143 e. The van der Waals surface area contributed by atoms with E-state index in [4.69, 9.17) is 25.8 Å². The van der Waals surface area contributed by atoms with Crippen molar-refractivity contribution in [1.82, 2.24) is 0 Å². The van der Waals surface area contributed by atoms with E-state index >= 15 is 0 Å². The number of hydrogen-bond acceptors (Lipinski definition) is 4. The van der Waals surface area contributed by atoms with Gasteiger partial charge >= 0.3 is 0 Å². The molecule has 0 heterocycles. The first-order valence-electron chi connectivity index (χ1n) is 5.87. The molecule has 0 aromatic heterocycles. The summed E-state index contributed by atoms with van der Waals surface area (Å²) >= 11 is 6.03. The van der Waals surface area contributed by atoms with E-state index in [9.17, 15) is 0 Å². The summed E-state index contributed by atoms with van der Waals surface area (Å²) in [7, 11) is 4.92. The normalized spacial score (nSPS) is 10.2. The Labute approximate surface area is 113 Å². The zero-order valence-corrected chi connectivity index (χ0v) is 11.8. The molecule has 0 bridgehead atoms. The molecule has 0 atom stereocenters. The Hall–Kier alpha value is -1.13. The molecule has 0 aliphatic rings. The summed E-state index contributed by atoms with van der Waals surface area (Å²) in [6.45, 7) is 1.63. The number of nitrogens with one attached hydrogen (secondary N) is 1. The van der Waals surface area contributed by atoms with Gasteiger partial charge < -0.3 is 19.5 Å². The highest BCUT2D eigenvalue weighted by atomic mass is 35.5. The highest BCUT2D eigenvalue weighted by Crippen LogP contribution is 2.35. The Balaban J connectivity index is 2.62. The fourth-order valence-electron chi connectivity index (χ4n) is 1.59. The van der Waals surface area contributed by atoms with Crippen LogP contribution in [0.25, 0.3) is 0 Å². The minimum Gasteiger partial charge on any atom is -0.495 e. The van der Waals surface area contributed by atoms with E-state index in [1.807, 2.05) is 6.07 Å². The van der Waals surface area contributed by atoms with Gasteiger partial charge in [0.15, 0.2) is 0 Å². The maximum absolute atomic E-state index is 6.03. The minimum absolute atomic E-state index is 0.541. The molecule has 18 heavy (non-hydrogen) atoms. The molecule has 0 aliphatic carbocycles. The van der Waals surface area contributed by atoms with Gasteiger partial charge in [-0.25, -0.2) is 0 Å². The number of rotatable bonds is 8. The summed E-state index contributed by atoms with van der Waals surface area (Å²) in [5.74, 6) is 1.35. The summed E-state index contributed by atoms with van der Waals surface area (Å²) in [6, 6.07) is 3.59. The molecule has 1 N–H and O–H groups in total. The van der Waals surface area contributed by atoms with Crippen molar-refractivity contribution >= 4 is 17.3 Å². The Bertz CT molecular complexity index is 371. The molecule has 102 valence electrons. The highest BCUT2D eigenvalue weighted by molar-refractivity contribution is 6.32. The fourth-order valence-corrected chi connectivity index (χ4v) is 1.82. The number of hydrogen-bond donors (Lipinski definition) is 1. The highest BCUT2D eigenvalue weighted by Gasteiger charge is 2.09. The van der Waals surface area contributed by atoms with Crippen molar-refractivity contribution in [3.63, 3.8) is 0 Å². The van der Waals surface area contributed by atoms with Crippen LogP contribution in [0.1, 0.15) is 12.8 Å². The van der Waals surface area contributed by atoms with Crippen LogP contribution in [0.4, 0.5) is 5.69 Å². The third-order valence-corrected chi connectivity index (χ3v) is 2.86. The first kappa shape index (κ1) is 14.9. The molecule has 0 amide bonds. The van der Waals surface area contributed by atoms with Gasteiger partial charge in [-0.2, -0.15) is 0 Å². The van der Waals surface area contributed by atoms with Crippen molar-refractivity contribution in [2.75, 3.05) is 39.8 Å². The predicted octanol–water partition coefficient (Wildman–Crippen LogP) is 3.20. The van der Waals surface area contributed by atoms with E-state index < -0.39 is 0 Å². The topological polar surface area (TPSA) is 39.7 Å². The van der Waals surface area contributed by atoms with Gasteiger partial charge in [0, 0.05) is 32.4 Å². The Morgan fingerprint density at radius 1 is 1.06 bits per heavy atom. The molecular formula is C13H20ClNO3. The van der Waals surface area contributed by atoms with Gasteiger partial charge in [0.25, 0.3) is 0 Å². The second-order valence-corrected chi connectivity index (χ2v) is 4.22. The summed E-state index contributed by atoms with van der Waals surface area (Å²) in [4.78, 5) is 0. The Kier molecular flexibility index (Phi) is 6.68. The number of ether oxygens (including phenoxy) is 3. The van der Waals surface area contributed by atoms with E-state index in [1.165, 1.54) is 0 Å². The molecule has 0 saturated heterocycles. The van der Waals surface area contributed by atoms with E-state index in [1.54, 1.807) is 27.4 Å². The molecule has 1 aromatic rings. The van der Waals surface area contributed by atoms with Gasteiger partial charge in [-0.05, 0) is 12.8 Å². The van der Waals surface area contributed by atoms with Crippen molar-refractivity contribution in [3.05, 3.63) is 17.2 Å². The van der Waals surface area contributed by atoms with E-state index in [2.05, 4.69) is 5.32 Å². The van der Waals surface area contributed by atoms with Crippen LogP contribution in [0.2, 0.25) is 5.02 Å². The van der Waals surface area contributed by atoms with Gasteiger partial charge in [0.05, 0.1) is 24.9 Å². The van der Waals surface area contributed by atoms with Crippen LogP contribution in [0.3, 0.4) is 0 Å². The quantitative estimate of drug-likeness (QED) is 0.739. The largest absolute Gasteiger partial charge is 0.495 e. The summed E-state index contributed by atoms with van der Waals surface area (Å²) in [5, 5.41) is 3.85. The summed E-state index contributed by atoms with van der Waals surface area (Å²) in [5.41, 5.74) is 0.885.